The molecule has 0 aliphatic rings. The summed E-state index contributed by atoms with van der Waals surface area (Å²) in [6, 6.07) is -0.0349. The molecule has 0 saturated carbocycles. The molecule has 0 aromatic heterocycles. The number of hydrazine groups is 1. The van der Waals surface area contributed by atoms with E-state index in [1.165, 1.54) is 4.90 Å². The molecule has 0 heterocycles. The Balaban J connectivity index is 4.55. The van der Waals surface area contributed by atoms with Crippen molar-refractivity contribution >= 4 is 11.8 Å². The van der Waals surface area contributed by atoms with E-state index in [0.29, 0.717) is 0 Å². The Hall–Kier alpha value is -1.10. The van der Waals surface area contributed by atoms with Crippen molar-refractivity contribution < 1.29 is 9.59 Å². The Morgan fingerprint density at radius 3 is 2.07 bits per heavy atom. The van der Waals surface area contributed by atoms with E-state index in [9.17, 15) is 9.59 Å². The van der Waals surface area contributed by atoms with Gasteiger partial charge in [-0.25, -0.2) is 5.84 Å². The van der Waals surface area contributed by atoms with Crippen molar-refractivity contribution in [2.24, 2.45) is 11.3 Å². The summed E-state index contributed by atoms with van der Waals surface area (Å²) in [6.45, 7) is 7.90. The summed E-state index contributed by atoms with van der Waals surface area (Å²) < 4.78 is 0. The van der Waals surface area contributed by atoms with Crippen molar-refractivity contribution in [1.82, 2.24) is 10.3 Å². The number of nitrogens with zero attached hydrogens (tertiary/aromatic N) is 1. The third-order valence-electron chi connectivity index (χ3n) is 2.48. The van der Waals surface area contributed by atoms with Crippen LogP contribution in [-0.2, 0) is 9.59 Å². The first-order valence-electron chi connectivity index (χ1n) is 4.49. The van der Waals surface area contributed by atoms with Gasteiger partial charge >= 0.3 is 11.8 Å². The predicted octanol–water partition coefficient (Wildman–Crippen LogP) is -0.131. The zero-order chi connectivity index (χ0) is 11.5. The van der Waals surface area contributed by atoms with Gasteiger partial charge in [0.1, 0.15) is 0 Å². The number of hydrogen-bond donors (Lipinski definition) is 2. The predicted molar refractivity (Wildman–Crippen MR) is 54.0 cm³/mol. The quantitative estimate of drug-likeness (QED) is 0.268. The highest BCUT2D eigenvalue weighted by Gasteiger charge is 2.29. The molecule has 3 N–H and O–H groups in total. The van der Waals surface area contributed by atoms with Crippen molar-refractivity contribution in [3.8, 4) is 0 Å². The van der Waals surface area contributed by atoms with Gasteiger partial charge in [0.25, 0.3) is 0 Å². The first-order valence-corrected chi connectivity index (χ1v) is 4.49. The number of carbonyl (C=O) groups excluding carboxylic acids is 2. The summed E-state index contributed by atoms with van der Waals surface area (Å²) in [4.78, 5) is 23.7. The molecule has 0 saturated heterocycles. The highest BCUT2D eigenvalue weighted by molar-refractivity contribution is 6.34. The zero-order valence-electron chi connectivity index (χ0n) is 9.42. The molecule has 2 amide bonds. The van der Waals surface area contributed by atoms with Gasteiger partial charge in [0.2, 0.25) is 0 Å². The van der Waals surface area contributed by atoms with Crippen LogP contribution in [0.25, 0.3) is 0 Å². The fourth-order valence-corrected chi connectivity index (χ4v) is 0.979. The number of hydrogen-bond acceptors (Lipinski definition) is 3. The van der Waals surface area contributed by atoms with E-state index < -0.39 is 11.8 Å². The Morgan fingerprint density at radius 1 is 1.36 bits per heavy atom. The maximum atomic E-state index is 11.4. The molecule has 0 fully saturated rings. The zero-order valence-corrected chi connectivity index (χ0v) is 9.42. The van der Waals surface area contributed by atoms with E-state index in [-0.39, 0.29) is 11.5 Å². The van der Waals surface area contributed by atoms with Gasteiger partial charge in [0.15, 0.2) is 0 Å². The van der Waals surface area contributed by atoms with E-state index in [1.807, 2.05) is 33.1 Å². The van der Waals surface area contributed by atoms with E-state index in [0.717, 1.165) is 0 Å². The maximum absolute atomic E-state index is 11.4. The first-order chi connectivity index (χ1) is 6.21. The Morgan fingerprint density at radius 2 is 1.79 bits per heavy atom. The van der Waals surface area contributed by atoms with Gasteiger partial charge in [0.05, 0.1) is 0 Å². The minimum atomic E-state index is -0.788. The largest absolute Gasteiger partial charge is 0.334 e. The molecule has 0 bridgehead atoms. The average molecular weight is 201 g/mol. The smallest absolute Gasteiger partial charge is 0.323 e. The Kier molecular flexibility index (Phi) is 4.07. The molecular formula is C9H19N3O2. The molecule has 0 aromatic carbocycles. The minimum absolute atomic E-state index is 0.0349. The molecule has 1 unspecified atom stereocenters. The summed E-state index contributed by atoms with van der Waals surface area (Å²) in [7, 11) is 1.59. The van der Waals surface area contributed by atoms with Crippen LogP contribution in [0.1, 0.15) is 27.7 Å². The summed E-state index contributed by atoms with van der Waals surface area (Å²) in [5.74, 6) is 3.47. The normalized spacial score (nSPS) is 13.3. The van der Waals surface area contributed by atoms with Gasteiger partial charge in [-0.05, 0) is 12.3 Å². The van der Waals surface area contributed by atoms with Crippen LogP contribution >= 0.6 is 0 Å². The van der Waals surface area contributed by atoms with Crippen molar-refractivity contribution in [2.75, 3.05) is 7.05 Å². The molecule has 0 aliphatic carbocycles. The second-order valence-electron chi connectivity index (χ2n) is 4.43. The number of nitrogens with one attached hydrogen (secondary N) is 1. The highest BCUT2D eigenvalue weighted by Crippen LogP contribution is 2.22. The lowest BCUT2D eigenvalue weighted by Gasteiger charge is -2.34. The lowest BCUT2D eigenvalue weighted by Crippen LogP contribution is -2.50. The number of amides is 2. The van der Waals surface area contributed by atoms with Crippen molar-refractivity contribution in [3.05, 3.63) is 0 Å². The van der Waals surface area contributed by atoms with Gasteiger partial charge in [-0.15, -0.1) is 0 Å². The molecule has 0 rings (SSSR count). The fraction of sp³-hybridized carbons (Fsp3) is 0.778. The van der Waals surface area contributed by atoms with Gasteiger partial charge in [-0.3, -0.25) is 15.0 Å². The Bertz CT molecular complexity index is 233. The first kappa shape index (κ1) is 12.9. The molecule has 5 heteroatoms. The summed E-state index contributed by atoms with van der Waals surface area (Å²) in [6.07, 6.45) is 0. The monoisotopic (exact) mass is 201 g/mol. The minimum Gasteiger partial charge on any atom is -0.334 e. The van der Waals surface area contributed by atoms with Gasteiger partial charge in [-0.1, -0.05) is 20.8 Å². The van der Waals surface area contributed by atoms with Crippen LogP contribution in [0.5, 0.6) is 0 Å². The molecule has 0 aliphatic heterocycles. The standard InChI is InChI=1S/C9H19N3O2/c1-6(9(2,3)4)12(5)8(14)7(13)11-10/h6H,10H2,1-5H3,(H,11,13). The second-order valence-corrected chi connectivity index (χ2v) is 4.43. The number of likely N-dealkylation sites (N-methyl/N-ethyl adjacent to an activating group) is 1. The molecule has 0 spiro atoms. The van der Waals surface area contributed by atoms with Crippen LogP contribution in [0.4, 0.5) is 0 Å². The van der Waals surface area contributed by atoms with E-state index >= 15 is 0 Å². The number of rotatable bonds is 1. The van der Waals surface area contributed by atoms with Crippen molar-refractivity contribution in [3.63, 3.8) is 0 Å². The summed E-state index contributed by atoms with van der Waals surface area (Å²) in [5, 5.41) is 0. The van der Waals surface area contributed by atoms with Crippen molar-refractivity contribution in [1.29, 1.82) is 0 Å². The molecule has 14 heavy (non-hydrogen) atoms. The molecule has 0 aromatic rings. The highest BCUT2D eigenvalue weighted by atomic mass is 16.2. The third kappa shape index (κ3) is 2.99. The molecule has 0 radical (unpaired) electrons. The molecule has 82 valence electrons. The third-order valence-corrected chi connectivity index (χ3v) is 2.48. The lowest BCUT2D eigenvalue weighted by molar-refractivity contribution is -0.147. The van der Waals surface area contributed by atoms with Gasteiger partial charge in [0, 0.05) is 13.1 Å². The van der Waals surface area contributed by atoms with E-state index in [2.05, 4.69) is 0 Å². The SMILES string of the molecule is CC(N(C)C(=O)C(=O)NN)C(C)(C)C. The van der Waals surface area contributed by atoms with Crippen molar-refractivity contribution in [2.45, 2.75) is 33.7 Å². The summed E-state index contributed by atoms with van der Waals surface area (Å²) in [5.41, 5.74) is 1.75. The summed E-state index contributed by atoms with van der Waals surface area (Å²) >= 11 is 0. The van der Waals surface area contributed by atoms with E-state index in [1.54, 1.807) is 7.05 Å². The lowest BCUT2D eigenvalue weighted by atomic mass is 9.87. The van der Waals surface area contributed by atoms with Gasteiger partial charge < -0.3 is 4.90 Å². The van der Waals surface area contributed by atoms with E-state index in [4.69, 9.17) is 5.84 Å². The topological polar surface area (TPSA) is 75.4 Å². The fourth-order valence-electron chi connectivity index (χ4n) is 0.979. The second kappa shape index (κ2) is 4.41. The van der Waals surface area contributed by atoms with Gasteiger partial charge in [-0.2, -0.15) is 0 Å². The maximum Gasteiger partial charge on any atom is 0.323 e. The average Bonchev–Trinajstić information content (AvgIpc) is 2.11. The van der Waals surface area contributed by atoms with Crippen LogP contribution in [0, 0.1) is 5.41 Å². The number of carbonyl (C=O) groups is 2. The Labute approximate surface area is 84.6 Å². The van der Waals surface area contributed by atoms with Crippen LogP contribution in [0.3, 0.4) is 0 Å². The van der Waals surface area contributed by atoms with Crippen LogP contribution in [0.2, 0.25) is 0 Å². The van der Waals surface area contributed by atoms with Crippen LogP contribution in [0.15, 0.2) is 0 Å². The molecular weight excluding hydrogens is 182 g/mol. The molecule has 5 nitrogen and oxygen atoms in total. The van der Waals surface area contributed by atoms with Crippen LogP contribution < -0.4 is 11.3 Å². The van der Waals surface area contributed by atoms with Crippen LogP contribution in [-0.4, -0.2) is 29.8 Å². The number of nitrogens with two attached hydrogens (primary N) is 1. The molecule has 1 atom stereocenters.